The Morgan fingerprint density at radius 3 is 2.76 bits per heavy atom. The van der Waals surface area contributed by atoms with Crippen LogP contribution in [-0.2, 0) is 4.74 Å². The third kappa shape index (κ3) is 3.22. The highest BCUT2D eigenvalue weighted by atomic mass is 79.9. The van der Waals surface area contributed by atoms with E-state index in [0.29, 0.717) is 17.3 Å². The van der Waals surface area contributed by atoms with Gasteiger partial charge in [0.15, 0.2) is 0 Å². The first-order valence-electron chi connectivity index (χ1n) is 7.31. The van der Waals surface area contributed by atoms with E-state index >= 15 is 0 Å². The van der Waals surface area contributed by atoms with E-state index in [2.05, 4.69) is 20.8 Å². The Hall–Kier alpha value is -1.11. The molecule has 2 aliphatic heterocycles. The molecule has 2 N–H and O–H groups in total. The lowest BCUT2D eigenvalue weighted by atomic mass is 10.1. The highest BCUT2D eigenvalue weighted by Crippen LogP contribution is 2.23. The molecule has 0 spiro atoms. The van der Waals surface area contributed by atoms with E-state index in [-0.39, 0.29) is 5.91 Å². The number of nitrogens with zero attached hydrogens (tertiary/aromatic N) is 2. The highest BCUT2D eigenvalue weighted by molar-refractivity contribution is 9.10. The normalized spacial score (nSPS) is 23.5. The van der Waals surface area contributed by atoms with Crippen molar-refractivity contribution in [2.24, 2.45) is 0 Å². The fourth-order valence-electron chi connectivity index (χ4n) is 3.07. The average molecular weight is 354 g/mol. The van der Waals surface area contributed by atoms with Crippen LogP contribution in [0.3, 0.4) is 0 Å². The lowest BCUT2D eigenvalue weighted by molar-refractivity contribution is 0.0185. The second-order valence-electron chi connectivity index (χ2n) is 5.57. The zero-order chi connectivity index (χ0) is 14.8. The minimum absolute atomic E-state index is 0.0377. The molecule has 1 atom stereocenters. The van der Waals surface area contributed by atoms with E-state index < -0.39 is 0 Å². The minimum atomic E-state index is 0.0377. The zero-order valence-corrected chi connectivity index (χ0v) is 13.5. The summed E-state index contributed by atoms with van der Waals surface area (Å²) in [7, 11) is 0. The molecule has 0 aromatic heterocycles. The van der Waals surface area contributed by atoms with Crippen LogP contribution in [0.5, 0.6) is 0 Å². The van der Waals surface area contributed by atoms with Crippen molar-refractivity contribution >= 4 is 27.5 Å². The highest BCUT2D eigenvalue weighted by Gasteiger charge is 2.32. The number of benzene rings is 1. The molecule has 21 heavy (non-hydrogen) atoms. The maximum Gasteiger partial charge on any atom is 0.255 e. The smallest absolute Gasteiger partial charge is 0.255 e. The molecule has 0 radical (unpaired) electrons. The van der Waals surface area contributed by atoms with Gasteiger partial charge in [-0.3, -0.25) is 9.69 Å². The quantitative estimate of drug-likeness (QED) is 0.820. The maximum absolute atomic E-state index is 12.6. The van der Waals surface area contributed by atoms with Crippen molar-refractivity contribution in [1.82, 2.24) is 9.80 Å². The molecule has 0 bridgehead atoms. The predicted octanol–water partition coefficient (Wildman–Crippen LogP) is 1.58. The summed E-state index contributed by atoms with van der Waals surface area (Å²) in [6.07, 6.45) is 1.03. The molecule has 1 aromatic rings. The SMILES string of the molecule is Nc1cc(Br)ccc1C(=O)N1CCC(N2CCOCC2)C1. The Morgan fingerprint density at radius 2 is 2.05 bits per heavy atom. The van der Waals surface area contributed by atoms with Gasteiger partial charge in [0, 0.05) is 42.4 Å². The monoisotopic (exact) mass is 353 g/mol. The second kappa shape index (κ2) is 6.34. The number of nitrogens with two attached hydrogens (primary N) is 1. The Kier molecular flexibility index (Phi) is 4.47. The molecule has 114 valence electrons. The van der Waals surface area contributed by atoms with Crippen LogP contribution in [0, 0.1) is 0 Å². The fourth-order valence-corrected chi connectivity index (χ4v) is 3.44. The van der Waals surface area contributed by atoms with Crippen molar-refractivity contribution in [3.05, 3.63) is 28.2 Å². The van der Waals surface area contributed by atoms with Crippen LogP contribution in [0.1, 0.15) is 16.8 Å². The van der Waals surface area contributed by atoms with Crippen LogP contribution in [-0.4, -0.2) is 61.1 Å². The number of nitrogen functional groups attached to an aromatic ring is 1. The third-order valence-corrected chi connectivity index (χ3v) is 4.75. The van der Waals surface area contributed by atoms with Crippen LogP contribution in [0.15, 0.2) is 22.7 Å². The van der Waals surface area contributed by atoms with Crippen molar-refractivity contribution < 1.29 is 9.53 Å². The lowest BCUT2D eigenvalue weighted by Gasteiger charge is -2.32. The van der Waals surface area contributed by atoms with E-state index in [0.717, 1.165) is 50.3 Å². The molecule has 1 unspecified atom stereocenters. The Morgan fingerprint density at radius 1 is 1.29 bits per heavy atom. The molecule has 0 aliphatic carbocycles. The summed E-state index contributed by atoms with van der Waals surface area (Å²) in [6, 6.07) is 5.89. The first-order valence-corrected chi connectivity index (χ1v) is 8.10. The van der Waals surface area contributed by atoms with Gasteiger partial charge in [0.2, 0.25) is 0 Å². The Labute approximate surface area is 133 Å². The summed E-state index contributed by atoms with van der Waals surface area (Å²) in [5.41, 5.74) is 7.09. The minimum Gasteiger partial charge on any atom is -0.398 e. The Bertz CT molecular complexity index is 532. The van der Waals surface area contributed by atoms with Gasteiger partial charge in [0.05, 0.1) is 18.8 Å². The summed E-state index contributed by atoms with van der Waals surface area (Å²) in [6.45, 7) is 5.11. The van der Waals surface area contributed by atoms with Gasteiger partial charge >= 0.3 is 0 Å². The number of likely N-dealkylation sites (tertiary alicyclic amines) is 1. The second-order valence-corrected chi connectivity index (χ2v) is 6.49. The number of anilines is 1. The zero-order valence-electron chi connectivity index (χ0n) is 11.9. The third-order valence-electron chi connectivity index (χ3n) is 4.26. The van der Waals surface area contributed by atoms with Gasteiger partial charge in [-0.15, -0.1) is 0 Å². The molecule has 6 heteroatoms. The number of carbonyl (C=O) groups excluding carboxylic acids is 1. The number of ether oxygens (including phenoxy) is 1. The van der Waals surface area contributed by atoms with Gasteiger partial charge in [-0.05, 0) is 24.6 Å². The van der Waals surface area contributed by atoms with Crippen molar-refractivity contribution in [1.29, 1.82) is 0 Å². The van der Waals surface area contributed by atoms with E-state index in [9.17, 15) is 4.79 Å². The molecule has 2 saturated heterocycles. The molecule has 2 heterocycles. The topological polar surface area (TPSA) is 58.8 Å². The fraction of sp³-hybridized carbons (Fsp3) is 0.533. The van der Waals surface area contributed by atoms with Crippen molar-refractivity contribution in [3.8, 4) is 0 Å². The standard InChI is InChI=1S/C15H20BrN3O2/c16-11-1-2-13(14(17)9-11)15(20)19-4-3-12(10-19)18-5-7-21-8-6-18/h1-2,9,12H,3-8,10,17H2. The number of carbonyl (C=O) groups is 1. The molecular weight excluding hydrogens is 334 g/mol. The van der Waals surface area contributed by atoms with E-state index in [1.807, 2.05) is 11.0 Å². The summed E-state index contributed by atoms with van der Waals surface area (Å²) in [5.74, 6) is 0.0377. The van der Waals surface area contributed by atoms with Crippen LogP contribution < -0.4 is 5.73 Å². The van der Waals surface area contributed by atoms with E-state index in [4.69, 9.17) is 10.5 Å². The number of halogens is 1. The molecule has 3 rings (SSSR count). The van der Waals surface area contributed by atoms with Gasteiger partial charge in [-0.2, -0.15) is 0 Å². The molecule has 1 amide bonds. The van der Waals surface area contributed by atoms with E-state index in [1.54, 1.807) is 12.1 Å². The van der Waals surface area contributed by atoms with Gasteiger partial charge in [0.25, 0.3) is 5.91 Å². The molecule has 2 aliphatic rings. The van der Waals surface area contributed by atoms with Crippen LogP contribution in [0.2, 0.25) is 0 Å². The summed E-state index contributed by atoms with van der Waals surface area (Å²) in [5, 5.41) is 0. The predicted molar refractivity (Wildman–Crippen MR) is 85.3 cm³/mol. The van der Waals surface area contributed by atoms with E-state index in [1.165, 1.54) is 0 Å². The van der Waals surface area contributed by atoms with Gasteiger partial charge in [-0.25, -0.2) is 0 Å². The van der Waals surface area contributed by atoms with Gasteiger partial charge < -0.3 is 15.4 Å². The number of morpholine rings is 1. The van der Waals surface area contributed by atoms with Crippen molar-refractivity contribution in [2.45, 2.75) is 12.5 Å². The molecule has 2 fully saturated rings. The average Bonchev–Trinajstić information content (AvgIpc) is 2.97. The number of hydrogen-bond donors (Lipinski definition) is 1. The molecular formula is C15H20BrN3O2. The van der Waals surface area contributed by atoms with Gasteiger partial charge in [0.1, 0.15) is 0 Å². The van der Waals surface area contributed by atoms with Crippen LogP contribution >= 0.6 is 15.9 Å². The summed E-state index contributed by atoms with van der Waals surface area (Å²) >= 11 is 3.37. The van der Waals surface area contributed by atoms with Crippen LogP contribution in [0.25, 0.3) is 0 Å². The van der Waals surface area contributed by atoms with Crippen LogP contribution in [0.4, 0.5) is 5.69 Å². The first kappa shape index (κ1) is 14.8. The first-order chi connectivity index (χ1) is 10.1. The Balaban J connectivity index is 1.66. The maximum atomic E-state index is 12.6. The number of amides is 1. The largest absolute Gasteiger partial charge is 0.398 e. The van der Waals surface area contributed by atoms with Gasteiger partial charge in [-0.1, -0.05) is 15.9 Å². The summed E-state index contributed by atoms with van der Waals surface area (Å²) < 4.78 is 6.28. The summed E-state index contributed by atoms with van der Waals surface area (Å²) in [4.78, 5) is 16.9. The lowest BCUT2D eigenvalue weighted by Crippen LogP contribution is -2.45. The molecule has 1 aromatic carbocycles. The number of rotatable bonds is 2. The molecule has 0 saturated carbocycles. The number of hydrogen-bond acceptors (Lipinski definition) is 4. The molecule has 5 nitrogen and oxygen atoms in total. The van der Waals surface area contributed by atoms with Crippen molar-refractivity contribution in [3.63, 3.8) is 0 Å². The van der Waals surface area contributed by atoms with Crippen molar-refractivity contribution in [2.75, 3.05) is 45.1 Å².